The second-order valence-electron chi connectivity index (χ2n) is 3.96. The van der Waals surface area contributed by atoms with Crippen LogP contribution in [0.1, 0.15) is 22.7 Å². The number of halogens is 3. The van der Waals surface area contributed by atoms with E-state index in [4.69, 9.17) is 4.52 Å². The summed E-state index contributed by atoms with van der Waals surface area (Å²) >= 11 is 0. The lowest BCUT2D eigenvalue weighted by Gasteiger charge is -2.07. The first-order valence-electron chi connectivity index (χ1n) is 5.44. The van der Waals surface area contributed by atoms with Crippen LogP contribution in [0.5, 0.6) is 0 Å². The molecule has 0 spiro atoms. The summed E-state index contributed by atoms with van der Waals surface area (Å²) in [5, 5.41) is 13.2. The third-order valence-electron chi connectivity index (χ3n) is 2.58. The van der Waals surface area contributed by atoms with Crippen LogP contribution in [0.25, 0.3) is 0 Å². The van der Waals surface area contributed by atoms with Gasteiger partial charge in [0.15, 0.2) is 5.69 Å². The van der Waals surface area contributed by atoms with Gasteiger partial charge in [-0.05, 0) is 26.0 Å². The van der Waals surface area contributed by atoms with Gasteiger partial charge in [-0.15, -0.1) is 10.2 Å². The number of hydrogen-bond donors (Lipinski definition) is 1. The molecule has 19 heavy (non-hydrogen) atoms. The Morgan fingerprint density at radius 1 is 1.21 bits per heavy atom. The molecule has 0 unspecified atom stereocenters. The van der Waals surface area contributed by atoms with Crippen molar-refractivity contribution >= 4 is 5.82 Å². The van der Waals surface area contributed by atoms with Crippen molar-refractivity contribution in [1.82, 2.24) is 15.4 Å². The Morgan fingerprint density at radius 2 is 1.95 bits per heavy atom. The molecule has 2 aromatic heterocycles. The van der Waals surface area contributed by atoms with Crippen molar-refractivity contribution in [2.75, 3.05) is 5.32 Å². The van der Waals surface area contributed by atoms with E-state index in [9.17, 15) is 13.2 Å². The Hall–Kier alpha value is -2.12. The minimum Gasteiger partial charge on any atom is -0.364 e. The Kier molecular flexibility index (Phi) is 3.41. The van der Waals surface area contributed by atoms with E-state index in [1.807, 2.05) is 0 Å². The van der Waals surface area contributed by atoms with Crippen LogP contribution in [-0.2, 0) is 12.7 Å². The van der Waals surface area contributed by atoms with Gasteiger partial charge < -0.3 is 9.84 Å². The summed E-state index contributed by atoms with van der Waals surface area (Å²) in [6, 6.07) is 2.11. The molecule has 0 saturated carbocycles. The van der Waals surface area contributed by atoms with Gasteiger partial charge in [0.05, 0.1) is 5.69 Å². The maximum atomic E-state index is 12.3. The molecule has 0 bridgehead atoms. The zero-order valence-electron chi connectivity index (χ0n) is 10.2. The predicted molar refractivity (Wildman–Crippen MR) is 60.3 cm³/mol. The first-order valence-corrected chi connectivity index (χ1v) is 5.44. The van der Waals surface area contributed by atoms with E-state index < -0.39 is 11.9 Å². The van der Waals surface area contributed by atoms with Gasteiger partial charge in [0, 0.05) is 12.1 Å². The first-order chi connectivity index (χ1) is 8.88. The van der Waals surface area contributed by atoms with Crippen LogP contribution in [0.2, 0.25) is 0 Å². The number of aromatic nitrogens is 3. The standard InChI is InChI=1S/C11H11F3N4O/c1-6-8(7(2)19-18-6)5-15-10-4-3-9(16-17-10)11(12,13)14/h3-4H,5H2,1-2H3,(H,15,17). The number of anilines is 1. The van der Waals surface area contributed by atoms with Crippen LogP contribution in [-0.4, -0.2) is 15.4 Å². The minimum absolute atomic E-state index is 0.257. The van der Waals surface area contributed by atoms with E-state index in [0.717, 1.165) is 17.3 Å². The van der Waals surface area contributed by atoms with Crippen molar-refractivity contribution in [3.63, 3.8) is 0 Å². The maximum Gasteiger partial charge on any atom is 0.435 e. The molecule has 2 heterocycles. The highest BCUT2D eigenvalue weighted by Gasteiger charge is 2.32. The van der Waals surface area contributed by atoms with Gasteiger partial charge in [-0.25, -0.2) is 0 Å². The fraction of sp³-hybridized carbons (Fsp3) is 0.364. The number of hydrogen-bond acceptors (Lipinski definition) is 5. The Balaban J connectivity index is 2.05. The third-order valence-corrected chi connectivity index (χ3v) is 2.58. The van der Waals surface area contributed by atoms with E-state index in [2.05, 4.69) is 20.7 Å². The fourth-order valence-electron chi connectivity index (χ4n) is 1.51. The second-order valence-corrected chi connectivity index (χ2v) is 3.96. The molecule has 0 saturated heterocycles. The summed E-state index contributed by atoms with van der Waals surface area (Å²) in [6.45, 7) is 3.91. The molecule has 0 fully saturated rings. The number of nitrogens with one attached hydrogen (secondary N) is 1. The molecule has 0 radical (unpaired) electrons. The van der Waals surface area contributed by atoms with E-state index in [0.29, 0.717) is 12.3 Å². The third kappa shape index (κ3) is 3.01. The van der Waals surface area contributed by atoms with Crippen LogP contribution in [0.15, 0.2) is 16.7 Å². The highest BCUT2D eigenvalue weighted by Crippen LogP contribution is 2.27. The molecule has 2 rings (SSSR count). The molecular formula is C11H11F3N4O. The highest BCUT2D eigenvalue weighted by atomic mass is 19.4. The Morgan fingerprint density at radius 3 is 2.42 bits per heavy atom. The molecule has 8 heteroatoms. The van der Waals surface area contributed by atoms with Gasteiger partial charge in [0.2, 0.25) is 0 Å². The van der Waals surface area contributed by atoms with Crippen molar-refractivity contribution in [2.24, 2.45) is 0 Å². The largest absolute Gasteiger partial charge is 0.435 e. The molecule has 0 aromatic carbocycles. The topological polar surface area (TPSA) is 63.8 Å². The molecule has 0 aliphatic heterocycles. The Labute approximate surface area is 106 Å². The quantitative estimate of drug-likeness (QED) is 0.930. The van der Waals surface area contributed by atoms with E-state index in [-0.39, 0.29) is 5.82 Å². The lowest BCUT2D eigenvalue weighted by Crippen LogP contribution is -2.10. The molecule has 1 N–H and O–H groups in total. The monoisotopic (exact) mass is 272 g/mol. The van der Waals surface area contributed by atoms with Crippen LogP contribution in [0.4, 0.5) is 19.0 Å². The SMILES string of the molecule is Cc1noc(C)c1CNc1ccc(C(F)(F)F)nn1. The Bertz CT molecular complexity index is 543. The molecule has 0 aliphatic rings. The summed E-state index contributed by atoms with van der Waals surface area (Å²) in [5.74, 6) is 0.915. The predicted octanol–water partition coefficient (Wildman–Crippen LogP) is 2.71. The van der Waals surface area contributed by atoms with E-state index in [1.165, 1.54) is 6.07 Å². The van der Waals surface area contributed by atoms with Gasteiger partial charge in [-0.3, -0.25) is 0 Å². The van der Waals surface area contributed by atoms with Crippen molar-refractivity contribution < 1.29 is 17.7 Å². The average Bonchev–Trinajstić information content (AvgIpc) is 2.66. The lowest BCUT2D eigenvalue weighted by atomic mass is 10.2. The van der Waals surface area contributed by atoms with Crippen LogP contribution >= 0.6 is 0 Å². The summed E-state index contributed by atoms with van der Waals surface area (Å²) in [4.78, 5) is 0. The van der Waals surface area contributed by atoms with Crippen molar-refractivity contribution in [3.8, 4) is 0 Å². The second kappa shape index (κ2) is 4.87. The molecule has 5 nitrogen and oxygen atoms in total. The summed E-state index contributed by atoms with van der Waals surface area (Å²) in [6.07, 6.45) is -4.48. The van der Waals surface area contributed by atoms with Crippen molar-refractivity contribution in [2.45, 2.75) is 26.6 Å². The van der Waals surface area contributed by atoms with E-state index >= 15 is 0 Å². The number of rotatable bonds is 3. The zero-order valence-corrected chi connectivity index (χ0v) is 10.2. The van der Waals surface area contributed by atoms with Crippen LogP contribution in [0, 0.1) is 13.8 Å². The summed E-state index contributed by atoms with van der Waals surface area (Å²) < 4.78 is 41.8. The summed E-state index contributed by atoms with van der Waals surface area (Å²) in [5.41, 5.74) is 0.557. The number of alkyl halides is 3. The normalized spacial score (nSPS) is 11.6. The molecule has 0 atom stereocenters. The summed E-state index contributed by atoms with van der Waals surface area (Å²) in [7, 11) is 0. The smallest absolute Gasteiger partial charge is 0.364 e. The average molecular weight is 272 g/mol. The number of aryl methyl sites for hydroxylation is 2. The van der Waals surface area contributed by atoms with Crippen LogP contribution in [0.3, 0.4) is 0 Å². The van der Waals surface area contributed by atoms with E-state index in [1.54, 1.807) is 13.8 Å². The molecule has 102 valence electrons. The maximum absolute atomic E-state index is 12.3. The van der Waals surface area contributed by atoms with Gasteiger partial charge in [-0.2, -0.15) is 13.2 Å². The van der Waals surface area contributed by atoms with Gasteiger partial charge in [0.25, 0.3) is 0 Å². The molecule has 2 aromatic rings. The molecular weight excluding hydrogens is 261 g/mol. The lowest BCUT2D eigenvalue weighted by molar-refractivity contribution is -0.141. The van der Waals surface area contributed by atoms with Gasteiger partial charge in [-0.1, -0.05) is 5.16 Å². The van der Waals surface area contributed by atoms with Crippen molar-refractivity contribution in [3.05, 3.63) is 34.8 Å². The molecule has 0 amide bonds. The first kappa shape index (κ1) is 13.3. The number of nitrogens with zero attached hydrogens (tertiary/aromatic N) is 3. The fourth-order valence-corrected chi connectivity index (χ4v) is 1.51. The van der Waals surface area contributed by atoms with Crippen molar-refractivity contribution in [1.29, 1.82) is 0 Å². The highest BCUT2D eigenvalue weighted by molar-refractivity contribution is 5.36. The van der Waals surface area contributed by atoms with Gasteiger partial charge >= 0.3 is 6.18 Å². The van der Waals surface area contributed by atoms with Gasteiger partial charge in [0.1, 0.15) is 11.6 Å². The minimum atomic E-state index is -4.48. The zero-order chi connectivity index (χ0) is 14.0. The van der Waals surface area contributed by atoms with Crippen LogP contribution < -0.4 is 5.32 Å². The molecule has 0 aliphatic carbocycles.